The van der Waals surface area contributed by atoms with Gasteiger partial charge in [0.15, 0.2) is 0 Å². The van der Waals surface area contributed by atoms with Gasteiger partial charge in [-0.1, -0.05) is 6.92 Å². The van der Waals surface area contributed by atoms with Gasteiger partial charge >= 0.3 is 5.97 Å². The second-order valence-corrected chi connectivity index (χ2v) is 7.79. The van der Waals surface area contributed by atoms with Crippen LogP contribution in [0.25, 0.3) is 0 Å². The Kier molecular flexibility index (Phi) is 6.90. The van der Waals surface area contributed by atoms with E-state index in [-0.39, 0.29) is 29.3 Å². The molecule has 10 heteroatoms. The predicted molar refractivity (Wildman–Crippen MR) is 90.0 cm³/mol. The average molecular weight is 392 g/mol. The number of hydrogen-bond acceptors (Lipinski definition) is 5. The molecule has 0 spiro atoms. The molecule has 0 unspecified atom stereocenters. The van der Waals surface area contributed by atoms with Crippen LogP contribution in [0.3, 0.4) is 0 Å². The number of carboxylic acids is 1. The molecule has 0 amide bonds. The maximum Gasteiger partial charge on any atom is 0.317 e. The van der Waals surface area contributed by atoms with Crippen molar-refractivity contribution < 1.29 is 31.8 Å². The van der Waals surface area contributed by atoms with Crippen molar-refractivity contribution in [2.45, 2.75) is 43.2 Å². The van der Waals surface area contributed by atoms with Crippen molar-refractivity contribution in [3.8, 4) is 5.75 Å². The second-order valence-electron chi connectivity index (χ2n) is 6.07. The van der Waals surface area contributed by atoms with Crippen molar-refractivity contribution in [3.05, 3.63) is 24.3 Å². The minimum absolute atomic E-state index is 0.0169. The summed E-state index contributed by atoms with van der Waals surface area (Å²) in [6.45, 7) is 1.62. The largest absolute Gasteiger partial charge is 0.488 e. The van der Waals surface area contributed by atoms with Gasteiger partial charge in [0, 0.05) is 12.1 Å². The summed E-state index contributed by atoms with van der Waals surface area (Å²) in [5, 5.41) is 8.87. The summed E-state index contributed by atoms with van der Waals surface area (Å²) < 4.78 is 56.3. The van der Waals surface area contributed by atoms with E-state index < -0.39 is 29.0 Å². The molecule has 0 aromatic heterocycles. The van der Waals surface area contributed by atoms with Crippen LogP contribution in [0.4, 0.5) is 8.78 Å². The molecule has 0 aliphatic heterocycles. The number of halogens is 2. The molecule has 1 aliphatic rings. The molecule has 0 heterocycles. The first-order chi connectivity index (χ1) is 12.2. The summed E-state index contributed by atoms with van der Waals surface area (Å²) in [7, 11) is -3.74. The van der Waals surface area contributed by atoms with Gasteiger partial charge in [-0.2, -0.15) is 0 Å². The van der Waals surface area contributed by atoms with Crippen LogP contribution in [0.2, 0.25) is 0 Å². The first-order valence-electron chi connectivity index (χ1n) is 8.20. The van der Waals surface area contributed by atoms with E-state index in [0.717, 1.165) is 0 Å². The Labute approximate surface area is 151 Å². The number of hydrogen-bond donors (Lipinski definition) is 2. The number of nitrogens with zero attached hydrogens (tertiary/aromatic N) is 1. The minimum Gasteiger partial charge on any atom is -0.488 e. The highest BCUT2D eigenvalue weighted by Crippen LogP contribution is 2.27. The number of carbonyl (C=O) groups is 1. The summed E-state index contributed by atoms with van der Waals surface area (Å²) in [5.74, 6) is -0.745. The maximum absolute atomic E-state index is 12.4. The highest BCUT2D eigenvalue weighted by molar-refractivity contribution is 7.89. The first-order valence-corrected chi connectivity index (χ1v) is 9.68. The summed E-state index contributed by atoms with van der Waals surface area (Å²) in [6.07, 6.45) is -1.53. The lowest BCUT2D eigenvalue weighted by atomic mass is 9.86. The fourth-order valence-electron chi connectivity index (χ4n) is 2.82. The Morgan fingerprint density at radius 1 is 1.35 bits per heavy atom. The number of carboxylic acid groups (broad SMARTS) is 1. The van der Waals surface area contributed by atoms with E-state index in [0.29, 0.717) is 19.4 Å². The van der Waals surface area contributed by atoms with Crippen LogP contribution in [0, 0.1) is 0 Å². The molecule has 2 N–H and O–H groups in total. The molecule has 1 aromatic carbocycles. The van der Waals surface area contributed by atoms with Crippen molar-refractivity contribution in [2.24, 2.45) is 0 Å². The minimum atomic E-state index is -3.74. The first kappa shape index (κ1) is 20.5. The summed E-state index contributed by atoms with van der Waals surface area (Å²) in [5.41, 5.74) is 0. The molecule has 0 saturated heterocycles. The third-order valence-electron chi connectivity index (χ3n) is 4.21. The van der Waals surface area contributed by atoms with Gasteiger partial charge in [-0.15, -0.1) is 0 Å². The Hall–Kier alpha value is -1.78. The van der Waals surface area contributed by atoms with Crippen molar-refractivity contribution in [1.82, 2.24) is 9.62 Å². The molecule has 0 bridgehead atoms. The van der Waals surface area contributed by atoms with Crippen LogP contribution < -0.4 is 9.46 Å². The number of aliphatic carboxylic acids is 1. The fourth-order valence-corrected chi connectivity index (χ4v) is 4.08. The summed E-state index contributed by atoms with van der Waals surface area (Å²) in [4.78, 5) is 12.6. The molecular formula is C16H22F2N2O5S. The molecule has 0 atom stereocenters. The van der Waals surface area contributed by atoms with Crippen LogP contribution in [-0.4, -0.2) is 62.6 Å². The van der Waals surface area contributed by atoms with Gasteiger partial charge in [-0.3, -0.25) is 9.69 Å². The molecule has 1 fully saturated rings. The number of sulfonamides is 1. The zero-order valence-electron chi connectivity index (χ0n) is 14.3. The van der Waals surface area contributed by atoms with Gasteiger partial charge in [0.1, 0.15) is 12.4 Å². The van der Waals surface area contributed by atoms with Crippen LogP contribution in [0.5, 0.6) is 5.75 Å². The van der Waals surface area contributed by atoms with Crippen molar-refractivity contribution in [2.75, 3.05) is 19.7 Å². The lowest BCUT2D eigenvalue weighted by molar-refractivity contribution is -0.139. The summed E-state index contributed by atoms with van der Waals surface area (Å²) in [6, 6.07) is 5.01. The Morgan fingerprint density at radius 3 is 2.46 bits per heavy atom. The van der Waals surface area contributed by atoms with Gasteiger partial charge in [0.05, 0.1) is 11.4 Å². The average Bonchev–Trinajstić information content (AvgIpc) is 2.54. The van der Waals surface area contributed by atoms with E-state index in [1.165, 1.54) is 24.3 Å². The molecule has 146 valence electrons. The van der Waals surface area contributed by atoms with Gasteiger partial charge in [-0.25, -0.2) is 21.9 Å². The van der Waals surface area contributed by atoms with E-state index >= 15 is 0 Å². The molecule has 1 aromatic rings. The van der Waals surface area contributed by atoms with E-state index in [2.05, 4.69) is 4.72 Å². The Morgan fingerprint density at radius 2 is 1.96 bits per heavy atom. The lowest BCUT2D eigenvalue weighted by Crippen LogP contribution is -2.54. The van der Waals surface area contributed by atoms with E-state index in [4.69, 9.17) is 9.84 Å². The SMILES string of the molecule is CCN(CC(=O)O)C1CC(NS(=O)(=O)c2ccc(OCC(F)F)cc2)C1. The maximum atomic E-state index is 12.4. The highest BCUT2D eigenvalue weighted by Gasteiger charge is 2.36. The molecule has 26 heavy (non-hydrogen) atoms. The van der Waals surface area contributed by atoms with Crippen LogP contribution in [-0.2, 0) is 14.8 Å². The zero-order chi connectivity index (χ0) is 19.3. The number of alkyl halides is 2. The van der Waals surface area contributed by atoms with E-state index in [1.54, 1.807) is 4.90 Å². The molecule has 1 saturated carbocycles. The van der Waals surface area contributed by atoms with Crippen molar-refractivity contribution >= 4 is 16.0 Å². The predicted octanol–water partition coefficient (Wildman–Crippen LogP) is 1.55. The molecule has 1 aliphatic carbocycles. The third kappa shape index (κ3) is 5.61. The lowest BCUT2D eigenvalue weighted by Gasteiger charge is -2.42. The Balaban J connectivity index is 1.88. The van der Waals surface area contributed by atoms with Gasteiger partial charge < -0.3 is 9.84 Å². The summed E-state index contributed by atoms with van der Waals surface area (Å²) >= 11 is 0. The van der Waals surface area contributed by atoms with Crippen LogP contribution in [0.1, 0.15) is 19.8 Å². The molecule has 2 rings (SSSR count). The number of benzene rings is 1. The number of rotatable bonds is 10. The monoisotopic (exact) mass is 392 g/mol. The van der Waals surface area contributed by atoms with Gasteiger partial charge in [0.2, 0.25) is 10.0 Å². The second kappa shape index (κ2) is 8.74. The molecular weight excluding hydrogens is 370 g/mol. The molecule has 0 radical (unpaired) electrons. The van der Waals surface area contributed by atoms with E-state index in [9.17, 15) is 22.0 Å². The highest BCUT2D eigenvalue weighted by atomic mass is 32.2. The van der Waals surface area contributed by atoms with E-state index in [1.807, 2.05) is 6.92 Å². The standard InChI is InChI=1S/C16H22F2N2O5S/c1-2-20(9-16(21)22)12-7-11(8-12)19-26(23,24)14-5-3-13(4-6-14)25-10-15(17)18/h3-6,11-12,15,19H,2,7-10H2,1H3,(H,21,22). The number of likely N-dealkylation sites (N-methyl/N-ethyl adjacent to an activating group) is 1. The van der Waals surface area contributed by atoms with Crippen molar-refractivity contribution in [1.29, 1.82) is 0 Å². The number of nitrogens with one attached hydrogen (secondary N) is 1. The van der Waals surface area contributed by atoms with Gasteiger partial charge in [0.25, 0.3) is 6.43 Å². The zero-order valence-corrected chi connectivity index (χ0v) is 15.1. The number of ether oxygens (including phenoxy) is 1. The topological polar surface area (TPSA) is 95.9 Å². The van der Waals surface area contributed by atoms with Crippen LogP contribution in [0.15, 0.2) is 29.2 Å². The fraction of sp³-hybridized carbons (Fsp3) is 0.562. The normalized spacial score (nSPS) is 20.2. The Bertz CT molecular complexity index is 706. The third-order valence-corrected chi connectivity index (χ3v) is 5.74. The van der Waals surface area contributed by atoms with Gasteiger partial charge in [-0.05, 0) is 43.7 Å². The molecule has 7 nitrogen and oxygen atoms in total. The quantitative estimate of drug-likeness (QED) is 0.627. The van der Waals surface area contributed by atoms with Crippen molar-refractivity contribution in [3.63, 3.8) is 0 Å². The van der Waals surface area contributed by atoms with Crippen LogP contribution >= 0.6 is 0 Å². The smallest absolute Gasteiger partial charge is 0.317 e.